The third kappa shape index (κ3) is 3.47. The van der Waals surface area contributed by atoms with Gasteiger partial charge in [0.1, 0.15) is 6.04 Å². The lowest BCUT2D eigenvalue weighted by Crippen LogP contribution is -2.57. The fourth-order valence-corrected chi connectivity index (χ4v) is 4.01. The second-order valence-electron chi connectivity index (χ2n) is 4.66. The number of nitrogens with one attached hydrogen (secondary N) is 1. The van der Waals surface area contributed by atoms with Gasteiger partial charge >= 0.3 is 5.97 Å². The molecule has 1 saturated heterocycles. The van der Waals surface area contributed by atoms with E-state index in [4.69, 9.17) is 0 Å². The van der Waals surface area contributed by atoms with Crippen LogP contribution in [0.1, 0.15) is 6.42 Å². The van der Waals surface area contributed by atoms with Crippen LogP contribution in [0, 0.1) is 0 Å². The van der Waals surface area contributed by atoms with Gasteiger partial charge in [-0.2, -0.15) is 4.31 Å². The number of piperazine rings is 1. The van der Waals surface area contributed by atoms with Gasteiger partial charge in [0.05, 0.1) is 18.4 Å². The van der Waals surface area contributed by atoms with Crippen LogP contribution in [0.15, 0.2) is 33.6 Å². The van der Waals surface area contributed by atoms with E-state index in [1.54, 1.807) is 12.1 Å². The van der Waals surface area contributed by atoms with E-state index < -0.39 is 27.9 Å². The van der Waals surface area contributed by atoms with Gasteiger partial charge in [-0.05, 0) is 24.3 Å². The molecule has 7 nitrogen and oxygen atoms in total. The van der Waals surface area contributed by atoms with Crippen LogP contribution in [-0.4, -0.2) is 50.8 Å². The maximum atomic E-state index is 12.7. The first-order valence-corrected chi connectivity index (χ1v) is 8.71. The molecular weight excluding hydrogens is 376 g/mol. The standard InChI is InChI=1S/C13H15BrN2O5S/c1-21-12(17)8-11-13(18)15-6-7-16(11)22(19,20)10-4-2-9(14)3-5-10/h2-5,11H,6-8H2,1H3,(H,15,18)/t11-/m1/s1. The smallest absolute Gasteiger partial charge is 0.307 e. The summed E-state index contributed by atoms with van der Waals surface area (Å²) in [7, 11) is -2.68. The Morgan fingerprint density at radius 2 is 2.05 bits per heavy atom. The highest BCUT2D eigenvalue weighted by atomic mass is 79.9. The molecule has 1 aromatic rings. The number of hydrogen-bond donors (Lipinski definition) is 1. The van der Waals surface area contributed by atoms with Crippen LogP contribution in [0.4, 0.5) is 0 Å². The van der Waals surface area contributed by atoms with Crippen LogP contribution >= 0.6 is 15.9 Å². The molecule has 120 valence electrons. The van der Waals surface area contributed by atoms with Crippen LogP contribution in [-0.2, 0) is 24.3 Å². The van der Waals surface area contributed by atoms with Gasteiger partial charge in [-0.15, -0.1) is 0 Å². The summed E-state index contributed by atoms with van der Waals surface area (Å²) in [5.41, 5.74) is 0. The lowest BCUT2D eigenvalue weighted by atomic mass is 10.1. The molecule has 1 N–H and O–H groups in total. The molecule has 2 rings (SSSR count). The minimum Gasteiger partial charge on any atom is -0.469 e. The summed E-state index contributed by atoms with van der Waals surface area (Å²) in [5.74, 6) is -1.14. The molecule has 0 aromatic heterocycles. The number of carbonyl (C=O) groups is 2. The number of carbonyl (C=O) groups excluding carboxylic acids is 2. The van der Waals surface area contributed by atoms with Crippen molar-refractivity contribution < 1.29 is 22.7 Å². The summed E-state index contributed by atoms with van der Waals surface area (Å²) in [6, 6.07) is 5.00. The largest absolute Gasteiger partial charge is 0.469 e. The lowest BCUT2D eigenvalue weighted by molar-refractivity contribution is -0.144. The highest BCUT2D eigenvalue weighted by Crippen LogP contribution is 2.23. The van der Waals surface area contributed by atoms with Crippen molar-refractivity contribution in [2.45, 2.75) is 17.4 Å². The molecule has 22 heavy (non-hydrogen) atoms. The van der Waals surface area contributed by atoms with Crippen molar-refractivity contribution >= 4 is 37.8 Å². The number of sulfonamides is 1. The van der Waals surface area contributed by atoms with E-state index in [1.807, 2.05) is 0 Å². The molecule has 1 fully saturated rings. The van der Waals surface area contributed by atoms with Crippen molar-refractivity contribution in [3.05, 3.63) is 28.7 Å². The molecule has 0 bridgehead atoms. The van der Waals surface area contributed by atoms with Crippen molar-refractivity contribution in [2.75, 3.05) is 20.2 Å². The molecule has 0 saturated carbocycles. The van der Waals surface area contributed by atoms with Gasteiger partial charge in [-0.25, -0.2) is 8.42 Å². The zero-order valence-electron chi connectivity index (χ0n) is 11.8. The maximum Gasteiger partial charge on any atom is 0.307 e. The average molecular weight is 391 g/mol. The second-order valence-corrected chi connectivity index (χ2v) is 7.46. The zero-order chi connectivity index (χ0) is 16.3. The highest BCUT2D eigenvalue weighted by molar-refractivity contribution is 9.10. The molecule has 0 spiro atoms. The van der Waals surface area contributed by atoms with Crippen molar-refractivity contribution in [2.24, 2.45) is 0 Å². The van der Waals surface area contributed by atoms with Gasteiger partial charge in [0.15, 0.2) is 0 Å². The monoisotopic (exact) mass is 390 g/mol. The Bertz CT molecular complexity index is 674. The normalized spacial score (nSPS) is 19.5. The Hall–Kier alpha value is -1.45. The number of benzene rings is 1. The zero-order valence-corrected chi connectivity index (χ0v) is 14.2. The van der Waals surface area contributed by atoms with E-state index in [0.29, 0.717) is 0 Å². The van der Waals surface area contributed by atoms with Gasteiger partial charge < -0.3 is 10.1 Å². The van der Waals surface area contributed by atoms with Gasteiger partial charge in [-0.3, -0.25) is 9.59 Å². The summed E-state index contributed by atoms with van der Waals surface area (Å²) in [6.45, 7) is 0.304. The molecule has 1 aromatic carbocycles. The fraction of sp³-hybridized carbons (Fsp3) is 0.385. The van der Waals surface area contributed by atoms with Crippen molar-refractivity contribution in [3.63, 3.8) is 0 Å². The first-order valence-electron chi connectivity index (χ1n) is 6.48. The van der Waals surface area contributed by atoms with Gasteiger partial charge in [0.25, 0.3) is 0 Å². The average Bonchev–Trinajstić information content (AvgIpc) is 2.49. The number of methoxy groups -OCH3 is 1. The summed E-state index contributed by atoms with van der Waals surface area (Å²) < 4.78 is 31.7. The fourth-order valence-electron chi connectivity index (χ4n) is 2.16. The van der Waals surface area contributed by atoms with E-state index in [9.17, 15) is 18.0 Å². The first kappa shape index (κ1) is 16.9. The SMILES string of the molecule is COC(=O)C[C@@H]1C(=O)NCCN1S(=O)(=O)c1ccc(Br)cc1. The van der Waals surface area contributed by atoms with Gasteiger partial charge in [0, 0.05) is 17.6 Å². The number of amides is 1. The highest BCUT2D eigenvalue weighted by Gasteiger charge is 2.39. The van der Waals surface area contributed by atoms with Crippen LogP contribution < -0.4 is 5.32 Å². The molecule has 1 aliphatic rings. The number of halogens is 1. The second kappa shape index (κ2) is 6.76. The Labute approximate surface area is 136 Å². The van der Waals surface area contributed by atoms with Crippen molar-refractivity contribution in [1.82, 2.24) is 9.62 Å². The predicted octanol–water partition coefficient (Wildman–Crippen LogP) is 0.501. The molecule has 1 aliphatic heterocycles. The molecule has 1 atom stereocenters. The number of hydrogen-bond acceptors (Lipinski definition) is 5. The van der Waals surface area contributed by atoms with E-state index in [2.05, 4.69) is 26.0 Å². The van der Waals surface area contributed by atoms with Crippen molar-refractivity contribution in [1.29, 1.82) is 0 Å². The molecule has 0 radical (unpaired) electrons. The van der Waals surface area contributed by atoms with E-state index in [-0.39, 0.29) is 24.4 Å². The first-order chi connectivity index (χ1) is 10.4. The minimum atomic E-state index is -3.87. The Morgan fingerprint density at radius 3 is 2.64 bits per heavy atom. The van der Waals surface area contributed by atoms with E-state index in [1.165, 1.54) is 19.2 Å². The van der Waals surface area contributed by atoms with E-state index >= 15 is 0 Å². The van der Waals surface area contributed by atoms with Gasteiger partial charge in [0.2, 0.25) is 15.9 Å². The lowest BCUT2D eigenvalue weighted by Gasteiger charge is -2.33. The van der Waals surface area contributed by atoms with E-state index in [0.717, 1.165) is 8.78 Å². The summed E-state index contributed by atoms with van der Waals surface area (Å²) >= 11 is 3.24. The number of rotatable bonds is 4. The summed E-state index contributed by atoms with van der Waals surface area (Å²) in [6.07, 6.45) is -0.321. The number of ether oxygens (including phenoxy) is 1. The third-order valence-electron chi connectivity index (χ3n) is 3.29. The predicted molar refractivity (Wildman–Crippen MR) is 81.5 cm³/mol. The summed E-state index contributed by atoms with van der Waals surface area (Å²) in [5, 5.41) is 2.56. The molecule has 1 heterocycles. The molecule has 1 amide bonds. The van der Waals surface area contributed by atoms with Crippen LogP contribution in [0.3, 0.4) is 0 Å². The number of nitrogens with zero attached hydrogens (tertiary/aromatic N) is 1. The quantitative estimate of drug-likeness (QED) is 0.755. The van der Waals surface area contributed by atoms with Crippen LogP contribution in [0.5, 0.6) is 0 Å². The van der Waals surface area contributed by atoms with Crippen molar-refractivity contribution in [3.8, 4) is 0 Å². The molecule has 0 aliphatic carbocycles. The Balaban J connectivity index is 2.35. The third-order valence-corrected chi connectivity index (χ3v) is 5.74. The Morgan fingerprint density at radius 1 is 1.41 bits per heavy atom. The molecular formula is C13H15BrN2O5S. The van der Waals surface area contributed by atoms with Gasteiger partial charge in [-0.1, -0.05) is 15.9 Å². The topological polar surface area (TPSA) is 92.8 Å². The van der Waals surface area contributed by atoms with Crippen LogP contribution in [0.25, 0.3) is 0 Å². The summed E-state index contributed by atoms with van der Waals surface area (Å²) in [4.78, 5) is 23.5. The maximum absolute atomic E-state index is 12.7. The van der Waals surface area contributed by atoms with Crippen LogP contribution in [0.2, 0.25) is 0 Å². The Kier molecular flexibility index (Phi) is 5.20. The number of esters is 1. The molecule has 9 heteroatoms. The minimum absolute atomic E-state index is 0.0697. The molecule has 0 unspecified atom stereocenters.